The lowest BCUT2D eigenvalue weighted by Crippen LogP contribution is -2.13. The third-order valence-electron chi connectivity index (χ3n) is 3.91. The van der Waals surface area contributed by atoms with Crippen molar-refractivity contribution in [3.8, 4) is 0 Å². The van der Waals surface area contributed by atoms with Gasteiger partial charge in [0.2, 0.25) is 5.91 Å². The zero-order valence-corrected chi connectivity index (χ0v) is 14.7. The van der Waals surface area contributed by atoms with Gasteiger partial charge in [0.25, 0.3) is 0 Å². The number of aromatic amines is 1. The Morgan fingerprint density at radius 3 is 2.71 bits per heavy atom. The average Bonchev–Trinajstić information content (AvgIpc) is 3.01. The first-order chi connectivity index (χ1) is 11.6. The fourth-order valence-electron chi connectivity index (χ4n) is 2.64. The van der Waals surface area contributed by atoms with Gasteiger partial charge in [0.1, 0.15) is 0 Å². The summed E-state index contributed by atoms with van der Waals surface area (Å²) < 4.78 is 0. The van der Waals surface area contributed by atoms with E-state index in [-0.39, 0.29) is 5.91 Å². The van der Waals surface area contributed by atoms with Gasteiger partial charge in [-0.3, -0.25) is 9.89 Å². The SMILES string of the molecule is CSc1nc(C)c(CCC(=O)Nc2ccc3cn[nH]c3c2)c(C)n1. The molecule has 0 radical (unpaired) electrons. The molecule has 0 aliphatic rings. The third kappa shape index (κ3) is 3.56. The van der Waals surface area contributed by atoms with E-state index in [2.05, 4.69) is 25.5 Å². The Morgan fingerprint density at radius 1 is 1.25 bits per heavy atom. The van der Waals surface area contributed by atoms with Gasteiger partial charge in [0.15, 0.2) is 5.16 Å². The highest BCUT2D eigenvalue weighted by molar-refractivity contribution is 7.98. The number of aryl methyl sites for hydroxylation is 2. The fourth-order valence-corrected chi connectivity index (χ4v) is 3.10. The van der Waals surface area contributed by atoms with Crippen LogP contribution in [-0.2, 0) is 11.2 Å². The van der Waals surface area contributed by atoms with Gasteiger partial charge < -0.3 is 5.32 Å². The molecule has 0 saturated carbocycles. The molecule has 0 atom stereocenters. The first kappa shape index (κ1) is 16.4. The number of hydrogen-bond acceptors (Lipinski definition) is 5. The van der Waals surface area contributed by atoms with Crippen molar-refractivity contribution in [2.45, 2.75) is 31.8 Å². The predicted molar refractivity (Wildman–Crippen MR) is 96.3 cm³/mol. The number of fused-ring (bicyclic) bond motifs is 1. The second kappa shape index (κ2) is 7.00. The summed E-state index contributed by atoms with van der Waals surface area (Å²) in [5.74, 6) is -0.0263. The highest BCUT2D eigenvalue weighted by atomic mass is 32.2. The Hall–Kier alpha value is -2.41. The van der Waals surface area contributed by atoms with E-state index in [1.807, 2.05) is 38.3 Å². The summed E-state index contributed by atoms with van der Waals surface area (Å²) in [6.07, 6.45) is 4.73. The van der Waals surface area contributed by atoms with Crippen molar-refractivity contribution in [3.63, 3.8) is 0 Å². The summed E-state index contributed by atoms with van der Waals surface area (Å²) in [5.41, 5.74) is 4.60. The number of nitrogens with zero attached hydrogens (tertiary/aromatic N) is 3. The van der Waals surface area contributed by atoms with E-state index in [0.717, 1.165) is 38.7 Å². The van der Waals surface area contributed by atoms with Gasteiger partial charge in [-0.15, -0.1) is 0 Å². The lowest BCUT2D eigenvalue weighted by molar-refractivity contribution is -0.116. The van der Waals surface area contributed by atoms with Crippen LogP contribution < -0.4 is 5.32 Å². The number of anilines is 1. The molecular formula is C17H19N5OS. The predicted octanol–water partition coefficient (Wildman–Crippen LogP) is 3.26. The normalized spacial score (nSPS) is 11.0. The number of amides is 1. The third-order valence-corrected chi connectivity index (χ3v) is 4.46. The lowest BCUT2D eigenvalue weighted by Gasteiger charge is -2.10. The van der Waals surface area contributed by atoms with Gasteiger partial charge in [-0.05, 0) is 50.3 Å². The number of aromatic nitrogens is 4. The number of carbonyl (C=O) groups is 1. The molecule has 1 amide bonds. The quantitative estimate of drug-likeness (QED) is 0.550. The highest BCUT2D eigenvalue weighted by Crippen LogP contribution is 2.19. The molecule has 0 saturated heterocycles. The Labute approximate surface area is 144 Å². The molecule has 3 aromatic rings. The summed E-state index contributed by atoms with van der Waals surface area (Å²) in [6, 6.07) is 5.69. The van der Waals surface area contributed by atoms with E-state index < -0.39 is 0 Å². The molecule has 2 heterocycles. The van der Waals surface area contributed by atoms with Gasteiger partial charge in [-0.1, -0.05) is 11.8 Å². The monoisotopic (exact) mass is 341 g/mol. The second-order valence-corrected chi connectivity index (χ2v) is 6.35. The van der Waals surface area contributed by atoms with Crippen LogP contribution in [0.15, 0.2) is 29.6 Å². The number of carbonyl (C=O) groups excluding carboxylic acids is 1. The molecule has 7 heteroatoms. The first-order valence-electron chi connectivity index (χ1n) is 7.68. The first-order valence-corrected chi connectivity index (χ1v) is 8.90. The molecule has 0 unspecified atom stereocenters. The molecule has 0 aliphatic carbocycles. The van der Waals surface area contributed by atoms with Crippen molar-refractivity contribution in [1.82, 2.24) is 20.2 Å². The number of thioether (sulfide) groups is 1. The molecular weight excluding hydrogens is 322 g/mol. The van der Waals surface area contributed by atoms with Crippen LogP contribution in [0.4, 0.5) is 5.69 Å². The summed E-state index contributed by atoms with van der Waals surface area (Å²) in [6.45, 7) is 3.93. The Bertz CT molecular complexity index is 867. The summed E-state index contributed by atoms with van der Waals surface area (Å²) in [7, 11) is 0. The summed E-state index contributed by atoms with van der Waals surface area (Å²) in [5, 5.41) is 11.6. The van der Waals surface area contributed by atoms with Gasteiger partial charge >= 0.3 is 0 Å². The van der Waals surface area contributed by atoms with Gasteiger partial charge in [0.05, 0.1) is 11.7 Å². The molecule has 24 heavy (non-hydrogen) atoms. The van der Waals surface area contributed by atoms with Crippen LogP contribution in [0.5, 0.6) is 0 Å². The van der Waals surface area contributed by atoms with E-state index in [1.165, 1.54) is 11.8 Å². The maximum atomic E-state index is 12.2. The molecule has 0 bridgehead atoms. The van der Waals surface area contributed by atoms with Gasteiger partial charge in [-0.25, -0.2) is 9.97 Å². The van der Waals surface area contributed by atoms with E-state index in [9.17, 15) is 4.79 Å². The summed E-state index contributed by atoms with van der Waals surface area (Å²) in [4.78, 5) is 21.1. The van der Waals surface area contributed by atoms with E-state index in [4.69, 9.17) is 0 Å². The molecule has 0 spiro atoms. The molecule has 2 N–H and O–H groups in total. The van der Waals surface area contributed by atoms with Gasteiger partial charge in [-0.2, -0.15) is 5.10 Å². The minimum atomic E-state index is -0.0263. The standard InChI is InChI=1S/C17H19N5OS/c1-10-14(11(2)20-17(19-10)24-3)6-7-16(23)21-13-5-4-12-9-18-22-15(12)8-13/h4-5,8-9H,6-7H2,1-3H3,(H,18,22)(H,21,23). The van der Waals surface area contributed by atoms with Crippen LogP contribution in [0.25, 0.3) is 10.9 Å². The topological polar surface area (TPSA) is 83.6 Å². The van der Waals surface area contributed by atoms with Crippen LogP contribution in [0.3, 0.4) is 0 Å². The van der Waals surface area contributed by atoms with Crippen LogP contribution >= 0.6 is 11.8 Å². The van der Waals surface area contributed by atoms with Crippen LogP contribution in [-0.4, -0.2) is 32.3 Å². The fraction of sp³-hybridized carbons (Fsp3) is 0.294. The van der Waals surface area contributed by atoms with Gasteiger partial charge in [0, 0.05) is 28.9 Å². The average molecular weight is 341 g/mol. The molecule has 0 aliphatic heterocycles. The number of H-pyrrole nitrogens is 1. The van der Waals surface area contributed by atoms with Crippen molar-refractivity contribution < 1.29 is 4.79 Å². The Balaban J connectivity index is 1.65. The minimum Gasteiger partial charge on any atom is -0.326 e. The Kier molecular flexibility index (Phi) is 4.80. The maximum absolute atomic E-state index is 12.2. The smallest absolute Gasteiger partial charge is 0.224 e. The lowest BCUT2D eigenvalue weighted by atomic mass is 10.1. The molecule has 3 rings (SSSR count). The zero-order chi connectivity index (χ0) is 17.1. The highest BCUT2D eigenvalue weighted by Gasteiger charge is 2.11. The van der Waals surface area contributed by atoms with E-state index in [0.29, 0.717) is 12.8 Å². The van der Waals surface area contributed by atoms with Crippen LogP contribution in [0.2, 0.25) is 0 Å². The number of rotatable bonds is 5. The van der Waals surface area contributed by atoms with Crippen LogP contribution in [0.1, 0.15) is 23.4 Å². The Morgan fingerprint density at radius 2 is 2.00 bits per heavy atom. The van der Waals surface area contributed by atoms with Crippen molar-refractivity contribution in [2.24, 2.45) is 0 Å². The number of hydrogen-bond donors (Lipinski definition) is 2. The molecule has 1 aromatic carbocycles. The molecule has 6 nitrogen and oxygen atoms in total. The largest absolute Gasteiger partial charge is 0.326 e. The molecule has 124 valence electrons. The van der Waals surface area contributed by atoms with Crippen molar-refractivity contribution >= 4 is 34.3 Å². The van der Waals surface area contributed by atoms with Crippen molar-refractivity contribution in [1.29, 1.82) is 0 Å². The van der Waals surface area contributed by atoms with Crippen molar-refractivity contribution in [3.05, 3.63) is 41.3 Å². The zero-order valence-electron chi connectivity index (χ0n) is 13.9. The van der Waals surface area contributed by atoms with E-state index in [1.54, 1.807) is 6.20 Å². The number of nitrogens with one attached hydrogen (secondary N) is 2. The minimum absolute atomic E-state index is 0.0263. The number of benzene rings is 1. The summed E-state index contributed by atoms with van der Waals surface area (Å²) >= 11 is 1.52. The maximum Gasteiger partial charge on any atom is 0.224 e. The van der Waals surface area contributed by atoms with Crippen LogP contribution in [0, 0.1) is 13.8 Å². The molecule has 2 aromatic heterocycles. The molecule has 0 fully saturated rings. The van der Waals surface area contributed by atoms with Crippen molar-refractivity contribution in [2.75, 3.05) is 11.6 Å². The second-order valence-electron chi connectivity index (χ2n) is 5.58. The van der Waals surface area contributed by atoms with E-state index >= 15 is 0 Å².